The summed E-state index contributed by atoms with van der Waals surface area (Å²) in [5.41, 5.74) is 0. The molecule has 2 fully saturated rings. The summed E-state index contributed by atoms with van der Waals surface area (Å²) in [7, 11) is 0. The molecule has 0 bridgehead atoms. The molecule has 2 aliphatic rings. The first kappa shape index (κ1) is 24.0. The highest BCUT2D eigenvalue weighted by Crippen LogP contribution is 2.30. The average molecular weight is 481 g/mol. The maximum Gasteiger partial charge on any atom is 0.191 e. The molecule has 0 radical (unpaired) electrons. The maximum atomic E-state index is 5.75. The first-order valence-corrected chi connectivity index (χ1v) is 10.5. The summed E-state index contributed by atoms with van der Waals surface area (Å²) in [6.07, 6.45) is 8.99. The van der Waals surface area contributed by atoms with Crippen LogP contribution >= 0.6 is 24.0 Å². The predicted molar refractivity (Wildman–Crippen MR) is 119 cm³/mol. The molecule has 1 aliphatic heterocycles. The molecule has 2 N–H and O–H groups in total. The summed E-state index contributed by atoms with van der Waals surface area (Å²) in [6, 6.07) is 0. The Morgan fingerprint density at radius 1 is 1.04 bits per heavy atom. The molecule has 1 unspecified atom stereocenters. The fourth-order valence-corrected chi connectivity index (χ4v) is 3.73. The molecule has 1 aliphatic carbocycles. The van der Waals surface area contributed by atoms with E-state index < -0.39 is 0 Å². The SMILES string of the molecule is CCNC(=NCC1CCC(CC)CC1)NCCCOCC1CCOC1.I. The lowest BCUT2D eigenvalue weighted by Gasteiger charge is -2.26. The Hall–Kier alpha value is -0.0800. The molecule has 1 heterocycles. The van der Waals surface area contributed by atoms with Crippen LogP contribution in [0.3, 0.4) is 0 Å². The second kappa shape index (κ2) is 14.9. The first-order chi connectivity index (χ1) is 12.3. The monoisotopic (exact) mass is 481 g/mol. The second-order valence-electron chi connectivity index (χ2n) is 7.60. The molecule has 2 rings (SSSR count). The van der Waals surface area contributed by atoms with Gasteiger partial charge in [0.05, 0.1) is 13.2 Å². The molecule has 1 atom stereocenters. The van der Waals surface area contributed by atoms with Crippen LogP contribution in [0.15, 0.2) is 4.99 Å². The van der Waals surface area contributed by atoms with Gasteiger partial charge in [0, 0.05) is 38.8 Å². The maximum absolute atomic E-state index is 5.75. The van der Waals surface area contributed by atoms with Gasteiger partial charge < -0.3 is 20.1 Å². The van der Waals surface area contributed by atoms with Crippen LogP contribution in [0.2, 0.25) is 0 Å². The minimum atomic E-state index is 0. The van der Waals surface area contributed by atoms with Gasteiger partial charge in [0.2, 0.25) is 0 Å². The normalized spacial score (nSPS) is 26.4. The molecule has 5 nitrogen and oxygen atoms in total. The summed E-state index contributed by atoms with van der Waals surface area (Å²) >= 11 is 0. The van der Waals surface area contributed by atoms with Crippen molar-refractivity contribution in [3.8, 4) is 0 Å². The van der Waals surface area contributed by atoms with Crippen molar-refractivity contribution in [3.05, 3.63) is 0 Å². The number of halogens is 1. The van der Waals surface area contributed by atoms with E-state index in [0.29, 0.717) is 5.92 Å². The van der Waals surface area contributed by atoms with E-state index in [2.05, 4.69) is 24.5 Å². The lowest BCUT2D eigenvalue weighted by molar-refractivity contribution is 0.0888. The van der Waals surface area contributed by atoms with Crippen molar-refractivity contribution in [3.63, 3.8) is 0 Å². The van der Waals surface area contributed by atoms with E-state index in [1.807, 2.05) is 0 Å². The quantitative estimate of drug-likeness (QED) is 0.216. The number of nitrogens with one attached hydrogen (secondary N) is 2. The molecule has 1 saturated carbocycles. The number of hydrogen-bond acceptors (Lipinski definition) is 3. The third kappa shape index (κ3) is 9.74. The van der Waals surface area contributed by atoms with Crippen LogP contribution in [0, 0.1) is 17.8 Å². The zero-order valence-electron chi connectivity index (χ0n) is 16.8. The van der Waals surface area contributed by atoms with Crippen LogP contribution < -0.4 is 10.6 Å². The van der Waals surface area contributed by atoms with Gasteiger partial charge in [-0.05, 0) is 44.4 Å². The molecular formula is C20H40IN3O2. The van der Waals surface area contributed by atoms with E-state index in [4.69, 9.17) is 14.5 Å². The van der Waals surface area contributed by atoms with Gasteiger partial charge in [0.25, 0.3) is 0 Å². The van der Waals surface area contributed by atoms with Crippen LogP contribution in [0.25, 0.3) is 0 Å². The molecule has 6 heteroatoms. The predicted octanol–water partition coefficient (Wildman–Crippen LogP) is 3.82. The van der Waals surface area contributed by atoms with Crippen molar-refractivity contribution in [2.45, 2.75) is 58.8 Å². The number of nitrogens with zero attached hydrogens (tertiary/aromatic N) is 1. The molecule has 154 valence electrons. The first-order valence-electron chi connectivity index (χ1n) is 10.5. The van der Waals surface area contributed by atoms with Gasteiger partial charge in [0.15, 0.2) is 5.96 Å². The Morgan fingerprint density at radius 3 is 2.46 bits per heavy atom. The molecule has 1 saturated heterocycles. The van der Waals surface area contributed by atoms with E-state index in [1.165, 1.54) is 32.1 Å². The van der Waals surface area contributed by atoms with Crippen LogP contribution in [0.4, 0.5) is 0 Å². The standard InChI is InChI=1S/C20H39N3O2.HI/c1-3-17-6-8-18(9-7-17)14-23-20(21-4-2)22-11-5-12-24-15-19-10-13-25-16-19;/h17-19H,3-16H2,1-2H3,(H2,21,22,23);1H. The highest BCUT2D eigenvalue weighted by molar-refractivity contribution is 14.0. The summed E-state index contributed by atoms with van der Waals surface area (Å²) in [5, 5.41) is 6.80. The van der Waals surface area contributed by atoms with Crippen LogP contribution in [-0.4, -0.2) is 52.0 Å². The second-order valence-corrected chi connectivity index (χ2v) is 7.60. The van der Waals surface area contributed by atoms with Crippen molar-refractivity contribution in [2.75, 3.05) is 46.1 Å². The van der Waals surface area contributed by atoms with Gasteiger partial charge in [0.1, 0.15) is 0 Å². The topological polar surface area (TPSA) is 54.9 Å². The van der Waals surface area contributed by atoms with Crippen molar-refractivity contribution < 1.29 is 9.47 Å². The fourth-order valence-electron chi connectivity index (χ4n) is 3.73. The highest BCUT2D eigenvalue weighted by Gasteiger charge is 2.19. The van der Waals surface area contributed by atoms with Crippen molar-refractivity contribution in [1.29, 1.82) is 0 Å². The Labute approximate surface area is 177 Å². The van der Waals surface area contributed by atoms with Crippen molar-refractivity contribution >= 4 is 29.9 Å². The molecule has 0 aromatic heterocycles. The molecule has 0 amide bonds. The lowest BCUT2D eigenvalue weighted by Crippen LogP contribution is -2.38. The van der Waals surface area contributed by atoms with Gasteiger partial charge in [-0.1, -0.05) is 26.2 Å². The Balaban J connectivity index is 0.00000338. The summed E-state index contributed by atoms with van der Waals surface area (Å²) in [4.78, 5) is 4.81. The van der Waals surface area contributed by atoms with Gasteiger partial charge in [-0.2, -0.15) is 0 Å². The van der Waals surface area contributed by atoms with E-state index >= 15 is 0 Å². The highest BCUT2D eigenvalue weighted by atomic mass is 127. The average Bonchev–Trinajstić information content (AvgIpc) is 3.16. The Kier molecular flexibility index (Phi) is 13.7. The van der Waals surface area contributed by atoms with Crippen molar-refractivity contribution in [1.82, 2.24) is 10.6 Å². The van der Waals surface area contributed by atoms with E-state index in [1.54, 1.807) is 0 Å². The minimum absolute atomic E-state index is 0. The van der Waals surface area contributed by atoms with Gasteiger partial charge in [-0.3, -0.25) is 4.99 Å². The van der Waals surface area contributed by atoms with Gasteiger partial charge in [-0.15, -0.1) is 24.0 Å². The number of hydrogen-bond donors (Lipinski definition) is 2. The zero-order valence-corrected chi connectivity index (χ0v) is 19.1. The Morgan fingerprint density at radius 2 is 1.81 bits per heavy atom. The summed E-state index contributed by atoms with van der Waals surface area (Å²) in [5.74, 6) is 3.30. The molecule has 26 heavy (non-hydrogen) atoms. The number of ether oxygens (including phenoxy) is 2. The van der Waals surface area contributed by atoms with Crippen molar-refractivity contribution in [2.24, 2.45) is 22.7 Å². The molecule has 0 spiro atoms. The van der Waals surface area contributed by atoms with Gasteiger partial charge >= 0.3 is 0 Å². The fraction of sp³-hybridized carbons (Fsp3) is 0.950. The number of aliphatic imine (C=N–C) groups is 1. The summed E-state index contributed by atoms with van der Waals surface area (Å²) in [6.45, 7) is 10.6. The molecule has 0 aromatic carbocycles. The van der Waals surface area contributed by atoms with E-state index in [9.17, 15) is 0 Å². The third-order valence-electron chi connectivity index (χ3n) is 5.53. The van der Waals surface area contributed by atoms with Crippen LogP contribution in [0.1, 0.15) is 58.8 Å². The van der Waals surface area contributed by atoms with E-state index in [-0.39, 0.29) is 24.0 Å². The van der Waals surface area contributed by atoms with E-state index in [0.717, 1.165) is 76.7 Å². The number of rotatable bonds is 10. The number of guanidine groups is 1. The summed E-state index contributed by atoms with van der Waals surface area (Å²) < 4.78 is 11.1. The molecular weight excluding hydrogens is 441 g/mol. The Bertz CT molecular complexity index is 368. The van der Waals surface area contributed by atoms with Crippen LogP contribution in [0.5, 0.6) is 0 Å². The lowest BCUT2D eigenvalue weighted by atomic mass is 9.81. The largest absolute Gasteiger partial charge is 0.381 e. The molecule has 0 aromatic rings. The minimum Gasteiger partial charge on any atom is -0.381 e. The third-order valence-corrected chi connectivity index (χ3v) is 5.53. The van der Waals surface area contributed by atoms with Gasteiger partial charge in [-0.25, -0.2) is 0 Å². The zero-order chi connectivity index (χ0) is 17.7. The van der Waals surface area contributed by atoms with Crippen LogP contribution in [-0.2, 0) is 9.47 Å². The smallest absolute Gasteiger partial charge is 0.191 e.